The Balaban J connectivity index is 1.64. The van der Waals surface area contributed by atoms with Gasteiger partial charge in [-0.25, -0.2) is 9.97 Å². The Kier molecular flexibility index (Phi) is 5.58. The fraction of sp³-hybridized carbons (Fsp3) is 0.263. The molecule has 1 N–H and O–H groups in total. The highest BCUT2D eigenvalue weighted by Gasteiger charge is 2.16. The third-order valence-corrected chi connectivity index (χ3v) is 4.67. The molecule has 0 saturated heterocycles. The molecule has 0 atom stereocenters. The van der Waals surface area contributed by atoms with E-state index in [1.165, 1.54) is 11.3 Å². The Bertz CT molecular complexity index is 876. The summed E-state index contributed by atoms with van der Waals surface area (Å²) in [6.45, 7) is 6.13. The molecule has 0 aliphatic heterocycles. The zero-order valence-electron chi connectivity index (χ0n) is 14.9. The molecule has 6 nitrogen and oxygen atoms in total. The van der Waals surface area contributed by atoms with Gasteiger partial charge in [-0.05, 0) is 38.5 Å². The first kappa shape index (κ1) is 18.0. The molecular formula is C19H20N4O2S. The number of nitrogens with one attached hydrogen (secondary N) is 1. The first-order valence-electron chi connectivity index (χ1n) is 8.31. The summed E-state index contributed by atoms with van der Waals surface area (Å²) >= 11 is 1.34. The molecule has 3 aromatic heterocycles. The minimum absolute atomic E-state index is 0.0793. The number of carbonyl (C=O) groups excluding carboxylic acids is 1. The monoisotopic (exact) mass is 368 g/mol. The molecular weight excluding hydrogens is 348 g/mol. The summed E-state index contributed by atoms with van der Waals surface area (Å²) in [5.74, 6) is 0.429. The maximum atomic E-state index is 12.5. The quantitative estimate of drug-likeness (QED) is 0.719. The Hall–Kier alpha value is -2.80. The van der Waals surface area contributed by atoms with E-state index >= 15 is 0 Å². The third kappa shape index (κ3) is 4.43. The van der Waals surface area contributed by atoms with E-state index in [-0.39, 0.29) is 12.0 Å². The number of rotatable bonds is 6. The fourth-order valence-corrected chi connectivity index (χ4v) is 3.25. The van der Waals surface area contributed by atoms with E-state index in [2.05, 4.69) is 20.3 Å². The average molecular weight is 368 g/mol. The average Bonchev–Trinajstić information content (AvgIpc) is 3.03. The number of amides is 1. The molecule has 3 heterocycles. The van der Waals surface area contributed by atoms with Crippen molar-refractivity contribution in [1.82, 2.24) is 20.3 Å². The molecule has 3 rings (SSSR count). The van der Waals surface area contributed by atoms with Crippen molar-refractivity contribution in [3.63, 3.8) is 0 Å². The molecule has 1 amide bonds. The van der Waals surface area contributed by atoms with Crippen molar-refractivity contribution in [3.05, 3.63) is 58.9 Å². The minimum Gasteiger partial charge on any atom is -0.475 e. The number of hydrogen-bond donors (Lipinski definition) is 1. The van der Waals surface area contributed by atoms with Gasteiger partial charge in [0, 0.05) is 25.0 Å². The molecule has 0 spiro atoms. The van der Waals surface area contributed by atoms with Crippen LogP contribution in [0.25, 0.3) is 10.7 Å². The van der Waals surface area contributed by atoms with Crippen LogP contribution in [0.2, 0.25) is 0 Å². The number of hydrogen-bond acceptors (Lipinski definition) is 6. The topological polar surface area (TPSA) is 77.0 Å². The van der Waals surface area contributed by atoms with E-state index in [1.807, 2.05) is 45.0 Å². The minimum atomic E-state index is -0.148. The van der Waals surface area contributed by atoms with Crippen molar-refractivity contribution in [3.8, 4) is 16.6 Å². The number of aromatic nitrogens is 3. The van der Waals surface area contributed by atoms with Crippen LogP contribution in [0.3, 0.4) is 0 Å². The SMILES string of the molecule is Cc1nc(-c2ccccn2)sc1C(=O)NCc1ccc(OC(C)C)nc1. The lowest BCUT2D eigenvalue weighted by Gasteiger charge is -2.09. The lowest BCUT2D eigenvalue weighted by Crippen LogP contribution is -2.22. The number of aryl methyl sites for hydroxylation is 1. The molecule has 0 aliphatic rings. The van der Waals surface area contributed by atoms with Crippen molar-refractivity contribution >= 4 is 17.2 Å². The highest BCUT2D eigenvalue weighted by molar-refractivity contribution is 7.17. The van der Waals surface area contributed by atoms with Crippen LogP contribution >= 0.6 is 11.3 Å². The van der Waals surface area contributed by atoms with Gasteiger partial charge >= 0.3 is 0 Å². The van der Waals surface area contributed by atoms with Crippen LogP contribution in [0.4, 0.5) is 0 Å². The van der Waals surface area contributed by atoms with Crippen molar-refractivity contribution in [1.29, 1.82) is 0 Å². The lowest BCUT2D eigenvalue weighted by atomic mass is 10.2. The summed E-state index contributed by atoms with van der Waals surface area (Å²) < 4.78 is 5.51. The van der Waals surface area contributed by atoms with Crippen molar-refractivity contribution in [2.24, 2.45) is 0 Å². The van der Waals surface area contributed by atoms with Crippen molar-refractivity contribution in [2.75, 3.05) is 0 Å². The van der Waals surface area contributed by atoms with Crippen LogP contribution in [0.5, 0.6) is 5.88 Å². The highest BCUT2D eigenvalue weighted by atomic mass is 32.1. The molecule has 134 valence electrons. The Morgan fingerprint density at radius 1 is 1.23 bits per heavy atom. The summed E-state index contributed by atoms with van der Waals surface area (Å²) in [5, 5.41) is 3.65. The summed E-state index contributed by atoms with van der Waals surface area (Å²) in [4.78, 5) is 26.1. The van der Waals surface area contributed by atoms with Crippen molar-refractivity contribution < 1.29 is 9.53 Å². The first-order valence-corrected chi connectivity index (χ1v) is 9.13. The second-order valence-corrected chi connectivity index (χ2v) is 7.00. The number of pyridine rings is 2. The summed E-state index contributed by atoms with van der Waals surface area (Å²) in [6, 6.07) is 9.33. The van der Waals surface area contributed by atoms with Gasteiger partial charge in [-0.15, -0.1) is 11.3 Å². The second-order valence-electron chi connectivity index (χ2n) is 6.00. The van der Waals surface area contributed by atoms with Gasteiger partial charge in [0.2, 0.25) is 5.88 Å². The number of nitrogens with zero attached hydrogens (tertiary/aromatic N) is 3. The van der Waals surface area contributed by atoms with Gasteiger partial charge in [-0.3, -0.25) is 9.78 Å². The molecule has 26 heavy (non-hydrogen) atoms. The largest absolute Gasteiger partial charge is 0.475 e. The standard InChI is InChI=1S/C19H20N4O2S/c1-12(2)25-16-8-7-14(10-21-16)11-22-18(24)17-13(3)23-19(26-17)15-6-4-5-9-20-15/h4-10,12H,11H2,1-3H3,(H,22,24). The molecule has 7 heteroatoms. The molecule has 0 radical (unpaired) electrons. The molecule has 0 aliphatic carbocycles. The van der Waals surface area contributed by atoms with Crippen LogP contribution in [0.15, 0.2) is 42.7 Å². The third-order valence-electron chi connectivity index (χ3n) is 3.49. The summed E-state index contributed by atoms with van der Waals surface area (Å²) in [5.41, 5.74) is 2.37. The van der Waals surface area contributed by atoms with Gasteiger partial charge in [-0.2, -0.15) is 0 Å². The van der Waals surface area contributed by atoms with Crippen LogP contribution in [0, 0.1) is 6.92 Å². The van der Waals surface area contributed by atoms with Crippen LogP contribution < -0.4 is 10.1 Å². The summed E-state index contributed by atoms with van der Waals surface area (Å²) in [7, 11) is 0. The second kappa shape index (κ2) is 8.05. The van der Waals surface area contributed by atoms with E-state index in [0.29, 0.717) is 23.0 Å². The Morgan fingerprint density at radius 2 is 2.08 bits per heavy atom. The molecule has 0 saturated carbocycles. The van der Waals surface area contributed by atoms with Crippen molar-refractivity contribution in [2.45, 2.75) is 33.4 Å². The van der Waals surface area contributed by atoms with Crippen LogP contribution in [-0.4, -0.2) is 27.0 Å². The van der Waals surface area contributed by atoms with E-state index in [0.717, 1.165) is 16.3 Å². The van der Waals surface area contributed by atoms with E-state index < -0.39 is 0 Å². The smallest absolute Gasteiger partial charge is 0.263 e. The first-order chi connectivity index (χ1) is 12.5. The molecule has 0 aromatic carbocycles. The number of thiazole rings is 1. The van der Waals surface area contributed by atoms with Gasteiger partial charge in [0.15, 0.2) is 0 Å². The fourth-order valence-electron chi connectivity index (χ4n) is 2.30. The van der Waals surface area contributed by atoms with Gasteiger partial charge in [0.25, 0.3) is 5.91 Å². The van der Waals surface area contributed by atoms with Crippen LogP contribution in [-0.2, 0) is 6.54 Å². The number of ether oxygens (including phenoxy) is 1. The van der Waals surface area contributed by atoms with E-state index in [1.54, 1.807) is 18.5 Å². The molecule has 0 fully saturated rings. The lowest BCUT2D eigenvalue weighted by molar-refractivity contribution is 0.0954. The van der Waals surface area contributed by atoms with Gasteiger partial charge < -0.3 is 10.1 Å². The summed E-state index contributed by atoms with van der Waals surface area (Å²) in [6.07, 6.45) is 3.50. The van der Waals surface area contributed by atoms with Crippen LogP contribution in [0.1, 0.15) is 34.8 Å². The predicted molar refractivity (Wildman–Crippen MR) is 101 cm³/mol. The predicted octanol–water partition coefficient (Wildman–Crippen LogP) is 3.63. The Labute approximate surface area is 156 Å². The zero-order valence-corrected chi connectivity index (χ0v) is 15.7. The molecule has 0 bridgehead atoms. The Morgan fingerprint density at radius 3 is 2.73 bits per heavy atom. The normalized spacial score (nSPS) is 10.8. The van der Waals surface area contributed by atoms with Gasteiger partial charge in [-0.1, -0.05) is 12.1 Å². The zero-order chi connectivity index (χ0) is 18.5. The molecule has 3 aromatic rings. The molecule has 0 unspecified atom stereocenters. The maximum Gasteiger partial charge on any atom is 0.263 e. The van der Waals surface area contributed by atoms with Gasteiger partial charge in [0.05, 0.1) is 17.5 Å². The maximum absolute atomic E-state index is 12.5. The highest BCUT2D eigenvalue weighted by Crippen LogP contribution is 2.26. The number of carbonyl (C=O) groups is 1. The van der Waals surface area contributed by atoms with E-state index in [9.17, 15) is 4.79 Å². The van der Waals surface area contributed by atoms with E-state index in [4.69, 9.17) is 4.74 Å². The van der Waals surface area contributed by atoms with Gasteiger partial charge in [0.1, 0.15) is 9.88 Å².